The molecule has 5 heteroatoms. The van der Waals surface area contributed by atoms with Gasteiger partial charge in [0, 0.05) is 4.88 Å². The quantitative estimate of drug-likeness (QED) is 0.824. The maximum Gasteiger partial charge on any atom is 0.228 e. The van der Waals surface area contributed by atoms with E-state index >= 15 is 0 Å². The van der Waals surface area contributed by atoms with E-state index in [-0.39, 0.29) is 17.9 Å². The van der Waals surface area contributed by atoms with Crippen molar-refractivity contribution in [3.05, 3.63) is 21.9 Å². The van der Waals surface area contributed by atoms with E-state index in [2.05, 4.69) is 16.8 Å². The monoisotopic (exact) mass is 268 g/mol. The van der Waals surface area contributed by atoms with Gasteiger partial charge in [-0.3, -0.25) is 4.79 Å². The summed E-state index contributed by atoms with van der Waals surface area (Å²) >= 11 is 6.61. The van der Waals surface area contributed by atoms with Crippen LogP contribution in [-0.4, -0.2) is 16.9 Å². The smallest absolute Gasteiger partial charge is 0.228 e. The van der Waals surface area contributed by atoms with Gasteiger partial charge in [0.1, 0.15) is 0 Å². The minimum atomic E-state index is -0.235. The van der Waals surface area contributed by atoms with Gasteiger partial charge in [0.25, 0.3) is 0 Å². The van der Waals surface area contributed by atoms with E-state index < -0.39 is 0 Å². The van der Waals surface area contributed by atoms with Crippen molar-refractivity contribution in [3.8, 4) is 0 Å². The molecule has 0 aromatic carbocycles. The molecule has 2 atom stereocenters. The molecule has 1 amide bonds. The molecule has 0 saturated carbocycles. The van der Waals surface area contributed by atoms with Crippen LogP contribution in [0.5, 0.6) is 0 Å². The van der Waals surface area contributed by atoms with Crippen LogP contribution in [0.1, 0.15) is 36.1 Å². The fourth-order valence-electron chi connectivity index (χ4n) is 2.14. The summed E-state index contributed by atoms with van der Waals surface area (Å²) < 4.78 is 0. The van der Waals surface area contributed by atoms with E-state index in [1.807, 2.05) is 6.92 Å². The Balaban J connectivity index is 2.09. The number of hydrogen-bond acceptors (Lipinski definition) is 3. The predicted octanol–water partition coefficient (Wildman–Crippen LogP) is 1.96. The number of rotatable bonds is 3. The molecule has 0 aliphatic heterocycles. The van der Waals surface area contributed by atoms with Gasteiger partial charge >= 0.3 is 0 Å². The normalized spacial score (nSPS) is 20.4. The average Bonchev–Trinajstić information content (AvgIpc) is 2.76. The number of carbonyl (C=O) groups excluding carboxylic acids is 1. The van der Waals surface area contributed by atoms with E-state index in [0.29, 0.717) is 4.99 Å². The van der Waals surface area contributed by atoms with Crippen LogP contribution in [0.15, 0.2) is 11.4 Å². The zero-order valence-corrected chi connectivity index (χ0v) is 11.4. The number of carbonyl (C=O) groups is 1. The van der Waals surface area contributed by atoms with Gasteiger partial charge < -0.3 is 11.1 Å². The summed E-state index contributed by atoms with van der Waals surface area (Å²) in [5.41, 5.74) is 6.70. The SMILES string of the molecule is CC(NC(=O)C1CCCc2sccc21)C(N)=S. The topological polar surface area (TPSA) is 55.1 Å². The first-order valence-electron chi connectivity index (χ1n) is 5.75. The van der Waals surface area contributed by atoms with Gasteiger partial charge in [0.15, 0.2) is 0 Å². The van der Waals surface area contributed by atoms with Crippen molar-refractivity contribution in [1.29, 1.82) is 0 Å². The number of aryl methyl sites for hydroxylation is 1. The molecule has 0 fully saturated rings. The minimum Gasteiger partial charge on any atom is -0.392 e. The van der Waals surface area contributed by atoms with E-state index in [1.165, 1.54) is 10.4 Å². The van der Waals surface area contributed by atoms with Gasteiger partial charge in [-0.15, -0.1) is 11.3 Å². The van der Waals surface area contributed by atoms with Crippen LogP contribution in [0, 0.1) is 0 Å². The fraction of sp³-hybridized carbons (Fsp3) is 0.500. The van der Waals surface area contributed by atoms with E-state index in [9.17, 15) is 4.79 Å². The first-order valence-corrected chi connectivity index (χ1v) is 7.04. The summed E-state index contributed by atoms with van der Waals surface area (Å²) in [4.78, 5) is 13.8. The van der Waals surface area contributed by atoms with Crippen molar-refractivity contribution in [1.82, 2.24) is 5.32 Å². The van der Waals surface area contributed by atoms with Crippen molar-refractivity contribution < 1.29 is 4.79 Å². The van der Waals surface area contributed by atoms with E-state index in [0.717, 1.165) is 19.3 Å². The molecule has 2 unspecified atom stereocenters. The molecule has 3 nitrogen and oxygen atoms in total. The number of amides is 1. The molecule has 1 heterocycles. The van der Waals surface area contributed by atoms with Crippen LogP contribution in [0.2, 0.25) is 0 Å². The molecular formula is C12H16N2OS2. The van der Waals surface area contributed by atoms with Gasteiger partial charge in [-0.2, -0.15) is 0 Å². The fourth-order valence-corrected chi connectivity index (χ4v) is 3.19. The Kier molecular flexibility index (Phi) is 3.79. The van der Waals surface area contributed by atoms with Gasteiger partial charge in [-0.1, -0.05) is 12.2 Å². The summed E-state index contributed by atoms with van der Waals surface area (Å²) in [6.07, 6.45) is 3.09. The average molecular weight is 268 g/mol. The largest absolute Gasteiger partial charge is 0.392 e. The Morgan fingerprint density at radius 1 is 1.71 bits per heavy atom. The van der Waals surface area contributed by atoms with Gasteiger partial charge in [0.2, 0.25) is 5.91 Å². The lowest BCUT2D eigenvalue weighted by molar-refractivity contribution is -0.123. The van der Waals surface area contributed by atoms with Gasteiger partial charge in [0.05, 0.1) is 16.9 Å². The molecule has 1 aliphatic carbocycles. The van der Waals surface area contributed by atoms with Gasteiger partial charge in [-0.05, 0) is 43.2 Å². The molecular weight excluding hydrogens is 252 g/mol. The number of thiophene rings is 1. The van der Waals surface area contributed by atoms with Crippen LogP contribution in [0.25, 0.3) is 0 Å². The number of nitrogens with two attached hydrogens (primary N) is 1. The van der Waals surface area contributed by atoms with Crippen molar-refractivity contribution in [2.24, 2.45) is 5.73 Å². The molecule has 0 bridgehead atoms. The predicted molar refractivity (Wildman–Crippen MR) is 74.4 cm³/mol. The summed E-state index contributed by atoms with van der Waals surface area (Å²) in [5, 5.41) is 4.94. The molecule has 1 aromatic rings. The molecule has 2 rings (SSSR count). The molecule has 1 aromatic heterocycles. The van der Waals surface area contributed by atoms with Crippen molar-refractivity contribution in [3.63, 3.8) is 0 Å². The third-order valence-electron chi connectivity index (χ3n) is 3.15. The Hall–Kier alpha value is -0.940. The summed E-state index contributed by atoms with van der Waals surface area (Å²) in [7, 11) is 0. The van der Waals surface area contributed by atoms with Crippen LogP contribution in [-0.2, 0) is 11.2 Å². The molecule has 17 heavy (non-hydrogen) atoms. The molecule has 1 aliphatic rings. The second-order valence-corrected chi connectivity index (χ2v) is 5.85. The number of nitrogens with one attached hydrogen (secondary N) is 1. The Bertz CT molecular complexity index is 441. The third kappa shape index (κ3) is 2.66. The highest BCUT2D eigenvalue weighted by atomic mass is 32.1. The highest BCUT2D eigenvalue weighted by molar-refractivity contribution is 7.80. The van der Waals surface area contributed by atoms with Crippen LogP contribution < -0.4 is 11.1 Å². The zero-order valence-electron chi connectivity index (χ0n) is 9.73. The molecule has 0 radical (unpaired) electrons. The molecule has 0 spiro atoms. The van der Waals surface area contributed by atoms with Crippen molar-refractivity contribution in [2.75, 3.05) is 0 Å². The van der Waals surface area contributed by atoms with Gasteiger partial charge in [-0.25, -0.2) is 0 Å². The highest BCUT2D eigenvalue weighted by Gasteiger charge is 2.28. The van der Waals surface area contributed by atoms with Crippen molar-refractivity contribution >= 4 is 34.5 Å². The second kappa shape index (κ2) is 5.14. The summed E-state index contributed by atoms with van der Waals surface area (Å²) in [5.74, 6) is 0.0199. The Morgan fingerprint density at radius 2 is 2.47 bits per heavy atom. The van der Waals surface area contributed by atoms with Crippen LogP contribution in [0.4, 0.5) is 0 Å². The van der Waals surface area contributed by atoms with Crippen LogP contribution in [0.3, 0.4) is 0 Å². The molecule has 3 N–H and O–H groups in total. The summed E-state index contributed by atoms with van der Waals surface area (Å²) in [6, 6.07) is 1.83. The lowest BCUT2D eigenvalue weighted by atomic mass is 9.87. The molecule has 0 saturated heterocycles. The second-order valence-electron chi connectivity index (χ2n) is 4.38. The lowest BCUT2D eigenvalue weighted by Gasteiger charge is -2.23. The van der Waals surface area contributed by atoms with Crippen molar-refractivity contribution in [2.45, 2.75) is 38.1 Å². The minimum absolute atomic E-state index is 0.0261. The number of thiocarbonyl (C=S) groups is 1. The number of fused-ring (bicyclic) bond motifs is 1. The lowest BCUT2D eigenvalue weighted by Crippen LogP contribution is -2.43. The van der Waals surface area contributed by atoms with E-state index in [4.69, 9.17) is 18.0 Å². The Morgan fingerprint density at radius 3 is 3.18 bits per heavy atom. The third-order valence-corrected chi connectivity index (χ3v) is 4.50. The maximum atomic E-state index is 12.2. The Labute approximate surface area is 110 Å². The summed E-state index contributed by atoms with van der Waals surface area (Å²) in [6.45, 7) is 1.82. The first kappa shape index (κ1) is 12.5. The standard InChI is InChI=1S/C12H16N2OS2/c1-7(11(13)16)14-12(15)9-3-2-4-10-8(9)5-6-17-10/h5-7,9H,2-4H2,1H3,(H2,13,16)(H,14,15). The molecule has 92 valence electrons. The zero-order chi connectivity index (χ0) is 12.4. The number of hydrogen-bond donors (Lipinski definition) is 2. The van der Waals surface area contributed by atoms with E-state index in [1.54, 1.807) is 11.3 Å². The van der Waals surface area contributed by atoms with Crippen LogP contribution >= 0.6 is 23.6 Å². The highest BCUT2D eigenvalue weighted by Crippen LogP contribution is 2.34. The first-order chi connectivity index (χ1) is 8.09. The maximum absolute atomic E-state index is 12.2.